The molecule has 9 heteroatoms. The summed E-state index contributed by atoms with van der Waals surface area (Å²) in [5, 5.41) is 13.4. The van der Waals surface area contributed by atoms with Crippen molar-refractivity contribution in [1.29, 1.82) is 5.26 Å². The van der Waals surface area contributed by atoms with Crippen molar-refractivity contribution in [1.82, 2.24) is 14.8 Å². The van der Waals surface area contributed by atoms with Crippen LogP contribution in [0, 0.1) is 31.0 Å². The molecule has 0 atom stereocenters. The summed E-state index contributed by atoms with van der Waals surface area (Å²) in [6.07, 6.45) is 0.321. The third-order valence-corrected chi connectivity index (χ3v) is 5.71. The van der Waals surface area contributed by atoms with Crippen LogP contribution in [0.5, 0.6) is 0 Å². The number of benzene rings is 2. The van der Waals surface area contributed by atoms with Gasteiger partial charge in [0.15, 0.2) is 0 Å². The summed E-state index contributed by atoms with van der Waals surface area (Å²) in [4.78, 5) is 29.2. The molecule has 2 heterocycles. The second kappa shape index (κ2) is 8.75. The zero-order chi connectivity index (χ0) is 24.6. The lowest BCUT2D eigenvalue weighted by Gasteiger charge is -2.15. The Morgan fingerprint density at radius 3 is 2.32 bits per heavy atom. The van der Waals surface area contributed by atoms with Crippen LogP contribution in [0.15, 0.2) is 42.5 Å². The Hall–Kier alpha value is -4.58. The maximum atomic E-state index is 14.8. The van der Waals surface area contributed by atoms with Crippen molar-refractivity contribution < 1.29 is 14.0 Å². The highest BCUT2D eigenvalue weighted by Gasteiger charge is 2.28. The topological polar surface area (TPSA) is 141 Å². The number of primary amides is 2. The molecule has 2 aromatic heterocycles. The van der Waals surface area contributed by atoms with Crippen molar-refractivity contribution in [3.63, 3.8) is 0 Å². The largest absolute Gasteiger partial charge is 0.366 e. The number of fused-ring (bicyclic) bond motifs is 1. The monoisotopic (exact) mass is 456 g/mol. The van der Waals surface area contributed by atoms with E-state index in [0.29, 0.717) is 29.9 Å². The molecule has 4 rings (SSSR count). The van der Waals surface area contributed by atoms with Crippen LogP contribution < -0.4 is 11.5 Å². The summed E-state index contributed by atoms with van der Waals surface area (Å²) in [5.41, 5.74) is 14.6. The Labute approximate surface area is 194 Å². The minimum atomic E-state index is -0.908. The van der Waals surface area contributed by atoms with Crippen molar-refractivity contribution in [2.24, 2.45) is 11.5 Å². The molecule has 0 fully saturated rings. The number of carbonyl (C=O) groups is 2. The average Bonchev–Trinajstić information content (AvgIpc) is 3.06. The Morgan fingerprint density at radius 1 is 1.03 bits per heavy atom. The fraction of sp³-hybridized carbons (Fsp3) is 0.160. The number of hydrogen-bond acceptors (Lipinski definition) is 5. The molecule has 34 heavy (non-hydrogen) atoms. The van der Waals surface area contributed by atoms with Gasteiger partial charge in [-0.1, -0.05) is 30.3 Å². The average molecular weight is 456 g/mol. The van der Waals surface area contributed by atoms with Gasteiger partial charge < -0.3 is 11.5 Å². The molecule has 0 saturated carbocycles. The number of amides is 2. The fourth-order valence-corrected chi connectivity index (χ4v) is 4.18. The number of pyridine rings is 1. The summed E-state index contributed by atoms with van der Waals surface area (Å²) < 4.78 is 16.5. The first kappa shape index (κ1) is 22.6. The molecule has 0 unspecified atom stereocenters. The highest BCUT2D eigenvalue weighted by Crippen LogP contribution is 2.37. The molecule has 0 bridgehead atoms. The standard InChI is InChI=1S/C25H21FN6O2/c1-13-19(14(2)32(31-13)12-16-8-6-15(7-9-16)10-11-27)21-22(24(28)33)20-17(26)4-3-5-18(20)30-23(21)25(29)34/h3-9H,10,12H2,1-2H3,(H2,28,33)(H2,29,34). The quantitative estimate of drug-likeness (QED) is 0.458. The van der Waals surface area contributed by atoms with Gasteiger partial charge >= 0.3 is 0 Å². The predicted molar refractivity (Wildman–Crippen MR) is 124 cm³/mol. The van der Waals surface area contributed by atoms with Crippen molar-refractivity contribution in [3.8, 4) is 17.2 Å². The van der Waals surface area contributed by atoms with E-state index in [1.54, 1.807) is 18.5 Å². The van der Waals surface area contributed by atoms with Crippen molar-refractivity contribution in [2.45, 2.75) is 26.8 Å². The lowest BCUT2D eigenvalue weighted by Crippen LogP contribution is -2.21. The molecule has 0 spiro atoms. The van der Waals surface area contributed by atoms with Gasteiger partial charge in [0.2, 0.25) is 5.91 Å². The Balaban J connectivity index is 1.94. The third kappa shape index (κ3) is 3.86. The second-order valence-electron chi connectivity index (χ2n) is 7.93. The first-order valence-corrected chi connectivity index (χ1v) is 10.4. The number of nitrogens with zero attached hydrogens (tertiary/aromatic N) is 4. The van der Waals surface area contributed by atoms with E-state index in [9.17, 15) is 14.0 Å². The molecule has 8 nitrogen and oxygen atoms in total. The van der Waals surface area contributed by atoms with Crippen LogP contribution in [0.4, 0.5) is 4.39 Å². The van der Waals surface area contributed by atoms with Gasteiger partial charge in [-0.15, -0.1) is 0 Å². The minimum Gasteiger partial charge on any atom is -0.366 e. The van der Waals surface area contributed by atoms with Gasteiger partial charge in [-0.25, -0.2) is 9.37 Å². The van der Waals surface area contributed by atoms with Gasteiger partial charge in [-0.2, -0.15) is 10.4 Å². The molecule has 2 amide bonds. The normalized spacial score (nSPS) is 10.9. The number of halogens is 1. The van der Waals surface area contributed by atoms with Crippen LogP contribution in [0.25, 0.3) is 22.0 Å². The SMILES string of the molecule is Cc1nn(Cc2ccc(CC#N)cc2)c(C)c1-c1c(C(N)=O)nc2cccc(F)c2c1C(N)=O. The summed E-state index contributed by atoms with van der Waals surface area (Å²) in [7, 11) is 0. The lowest BCUT2D eigenvalue weighted by atomic mass is 9.92. The summed E-state index contributed by atoms with van der Waals surface area (Å²) in [5.74, 6) is -2.46. The smallest absolute Gasteiger partial charge is 0.267 e. The number of hydrogen-bond donors (Lipinski definition) is 2. The first-order chi connectivity index (χ1) is 16.2. The van der Waals surface area contributed by atoms with Crippen LogP contribution in [0.1, 0.15) is 43.4 Å². The molecular formula is C25H21FN6O2. The zero-order valence-corrected chi connectivity index (χ0v) is 18.6. The Bertz CT molecular complexity index is 1500. The Kier molecular flexibility index (Phi) is 5.82. The van der Waals surface area contributed by atoms with Crippen molar-refractivity contribution in [2.75, 3.05) is 0 Å². The van der Waals surface area contributed by atoms with E-state index in [2.05, 4.69) is 16.2 Å². The molecule has 0 saturated heterocycles. The van der Waals surface area contributed by atoms with Gasteiger partial charge in [0.1, 0.15) is 11.5 Å². The van der Waals surface area contributed by atoms with E-state index in [4.69, 9.17) is 16.7 Å². The van der Waals surface area contributed by atoms with Gasteiger partial charge in [0.05, 0.1) is 35.8 Å². The van der Waals surface area contributed by atoms with E-state index in [1.165, 1.54) is 18.2 Å². The summed E-state index contributed by atoms with van der Waals surface area (Å²) in [6.45, 7) is 3.89. The maximum absolute atomic E-state index is 14.8. The van der Waals surface area contributed by atoms with E-state index < -0.39 is 17.6 Å². The predicted octanol–water partition coefficient (Wildman–Crippen LogP) is 3.17. The van der Waals surface area contributed by atoms with Crippen LogP contribution in [0.3, 0.4) is 0 Å². The van der Waals surface area contributed by atoms with Crippen LogP contribution in [0.2, 0.25) is 0 Å². The fourth-order valence-electron chi connectivity index (χ4n) is 4.18. The second-order valence-corrected chi connectivity index (χ2v) is 7.93. The van der Waals surface area contributed by atoms with Gasteiger partial charge in [-0.05, 0) is 37.1 Å². The molecule has 0 aliphatic heterocycles. The molecular weight excluding hydrogens is 435 g/mol. The molecule has 0 aliphatic carbocycles. The summed E-state index contributed by atoms with van der Waals surface area (Å²) in [6, 6.07) is 13.8. The van der Waals surface area contributed by atoms with E-state index >= 15 is 0 Å². The number of rotatable bonds is 6. The number of nitrogens with two attached hydrogens (primary N) is 2. The molecule has 0 radical (unpaired) electrons. The highest BCUT2D eigenvalue weighted by molar-refractivity contribution is 6.15. The first-order valence-electron chi connectivity index (χ1n) is 10.4. The van der Waals surface area contributed by atoms with Gasteiger partial charge in [0.25, 0.3) is 5.91 Å². The lowest BCUT2D eigenvalue weighted by molar-refractivity contribution is 0.0996. The molecule has 170 valence electrons. The van der Waals surface area contributed by atoms with Crippen molar-refractivity contribution in [3.05, 3.63) is 82.1 Å². The zero-order valence-electron chi connectivity index (χ0n) is 18.6. The van der Waals surface area contributed by atoms with Crippen molar-refractivity contribution >= 4 is 22.7 Å². The van der Waals surface area contributed by atoms with Gasteiger partial charge in [-0.3, -0.25) is 14.3 Å². The maximum Gasteiger partial charge on any atom is 0.267 e. The number of aryl methyl sites for hydroxylation is 1. The number of aromatic nitrogens is 3. The number of nitriles is 1. The van der Waals surface area contributed by atoms with Crippen LogP contribution in [-0.2, 0) is 13.0 Å². The van der Waals surface area contributed by atoms with E-state index in [1.807, 2.05) is 24.3 Å². The molecule has 0 aliphatic rings. The van der Waals surface area contributed by atoms with Gasteiger partial charge in [0, 0.05) is 22.2 Å². The summed E-state index contributed by atoms with van der Waals surface area (Å²) >= 11 is 0. The molecule has 4 aromatic rings. The van der Waals surface area contributed by atoms with E-state index in [-0.39, 0.29) is 27.7 Å². The Morgan fingerprint density at radius 2 is 1.71 bits per heavy atom. The third-order valence-electron chi connectivity index (χ3n) is 5.71. The number of carbonyl (C=O) groups excluding carboxylic acids is 2. The van der Waals surface area contributed by atoms with E-state index in [0.717, 1.165) is 11.1 Å². The minimum absolute atomic E-state index is 0.0724. The van der Waals surface area contributed by atoms with Crippen LogP contribution in [-0.4, -0.2) is 26.6 Å². The highest BCUT2D eigenvalue weighted by atomic mass is 19.1. The molecule has 2 aromatic carbocycles. The van der Waals surface area contributed by atoms with Crippen LogP contribution >= 0.6 is 0 Å². The molecule has 4 N–H and O–H groups in total.